The molecule has 0 bridgehead atoms. The first-order valence-electron chi connectivity index (χ1n) is 14.2. The molecule has 1 N–H and O–H groups in total. The number of nitrogens with one attached hydrogen (secondary N) is 1. The lowest BCUT2D eigenvalue weighted by molar-refractivity contribution is -0.140. The molecule has 0 radical (unpaired) electrons. The number of carbonyl (C=O) groups excluding carboxylic acids is 2. The summed E-state index contributed by atoms with van der Waals surface area (Å²) in [7, 11) is -3.88. The molecule has 0 spiro atoms. The van der Waals surface area contributed by atoms with Crippen molar-refractivity contribution >= 4 is 43.5 Å². The molecule has 4 aromatic rings. The predicted molar refractivity (Wildman–Crippen MR) is 177 cm³/mol. The van der Waals surface area contributed by atoms with Crippen LogP contribution in [0.4, 0.5) is 5.69 Å². The van der Waals surface area contributed by atoms with Crippen molar-refractivity contribution in [2.45, 2.75) is 38.9 Å². The molecular weight excluding hydrogens is 642 g/mol. The lowest BCUT2D eigenvalue weighted by Crippen LogP contribution is -2.54. The Hall–Kier alpha value is -4.15. The van der Waals surface area contributed by atoms with Crippen LogP contribution in [0.1, 0.15) is 25.0 Å². The number of para-hydroxylation sites is 1. The van der Waals surface area contributed by atoms with E-state index in [-0.39, 0.29) is 24.9 Å². The molecule has 2 amide bonds. The highest BCUT2D eigenvalue weighted by molar-refractivity contribution is 9.10. The number of carbonyl (C=O) groups is 2. The van der Waals surface area contributed by atoms with E-state index >= 15 is 0 Å². The van der Waals surface area contributed by atoms with Crippen LogP contribution in [0.25, 0.3) is 0 Å². The summed E-state index contributed by atoms with van der Waals surface area (Å²) in [4.78, 5) is 29.3. The van der Waals surface area contributed by atoms with Crippen LogP contribution >= 0.6 is 15.9 Å². The smallest absolute Gasteiger partial charge is 0.244 e. The summed E-state index contributed by atoms with van der Waals surface area (Å²) in [5.41, 5.74) is 1.97. The molecule has 44 heavy (non-hydrogen) atoms. The van der Waals surface area contributed by atoms with E-state index in [4.69, 9.17) is 4.74 Å². The highest BCUT2D eigenvalue weighted by Gasteiger charge is 2.33. The molecule has 0 saturated heterocycles. The molecule has 230 valence electrons. The van der Waals surface area contributed by atoms with Crippen molar-refractivity contribution in [2.75, 3.05) is 17.1 Å². The Morgan fingerprint density at radius 2 is 1.36 bits per heavy atom. The highest BCUT2D eigenvalue weighted by Crippen LogP contribution is 2.26. The van der Waals surface area contributed by atoms with Gasteiger partial charge in [-0.2, -0.15) is 0 Å². The van der Waals surface area contributed by atoms with Crippen LogP contribution in [-0.2, 0) is 32.6 Å². The Morgan fingerprint density at radius 3 is 1.93 bits per heavy atom. The Kier molecular flexibility index (Phi) is 11.2. The Balaban J connectivity index is 1.67. The summed E-state index contributed by atoms with van der Waals surface area (Å²) in [5, 5.41) is 2.95. The third kappa shape index (κ3) is 9.42. The van der Waals surface area contributed by atoms with Crippen molar-refractivity contribution in [3.05, 3.63) is 125 Å². The fourth-order valence-electron chi connectivity index (χ4n) is 4.64. The van der Waals surface area contributed by atoms with Crippen molar-refractivity contribution in [1.82, 2.24) is 10.2 Å². The maximum Gasteiger partial charge on any atom is 0.244 e. The van der Waals surface area contributed by atoms with Gasteiger partial charge in [-0.15, -0.1) is 0 Å². The van der Waals surface area contributed by atoms with Gasteiger partial charge in [-0.25, -0.2) is 8.42 Å². The van der Waals surface area contributed by atoms with Crippen LogP contribution in [-0.4, -0.2) is 50.0 Å². The van der Waals surface area contributed by atoms with Crippen molar-refractivity contribution in [2.24, 2.45) is 0 Å². The van der Waals surface area contributed by atoms with Gasteiger partial charge in [-0.05, 0) is 73.5 Å². The summed E-state index contributed by atoms with van der Waals surface area (Å²) < 4.78 is 33.9. The lowest BCUT2D eigenvalue weighted by Gasteiger charge is -2.34. The Morgan fingerprint density at radius 1 is 0.795 bits per heavy atom. The average Bonchev–Trinajstić information content (AvgIpc) is 2.99. The van der Waals surface area contributed by atoms with Gasteiger partial charge in [0.15, 0.2) is 0 Å². The first-order chi connectivity index (χ1) is 21.0. The summed E-state index contributed by atoms with van der Waals surface area (Å²) in [6, 6.07) is 31.6. The zero-order valence-corrected chi connectivity index (χ0v) is 27.3. The Bertz CT molecular complexity index is 1630. The monoisotopic (exact) mass is 677 g/mol. The lowest BCUT2D eigenvalue weighted by atomic mass is 10.0. The minimum Gasteiger partial charge on any atom is -0.457 e. The van der Waals surface area contributed by atoms with Gasteiger partial charge < -0.3 is 15.0 Å². The van der Waals surface area contributed by atoms with Crippen LogP contribution in [0.2, 0.25) is 0 Å². The zero-order chi connectivity index (χ0) is 31.7. The van der Waals surface area contributed by atoms with Gasteiger partial charge in [-0.3, -0.25) is 13.9 Å². The number of hydrogen-bond donors (Lipinski definition) is 1. The molecule has 8 nitrogen and oxygen atoms in total. The molecule has 0 heterocycles. The topological polar surface area (TPSA) is 96.0 Å². The fourth-order valence-corrected chi connectivity index (χ4v) is 5.75. The van der Waals surface area contributed by atoms with Crippen LogP contribution in [0.15, 0.2) is 114 Å². The second kappa shape index (κ2) is 15.0. The standard InChI is InChI=1S/C34H36BrN3O5S/c1-25(2)36-34(40)32(22-26-10-6-4-7-11-26)37(23-27-14-16-28(35)17-15-27)33(39)24-38(44(3,41)42)29-18-20-31(21-19-29)43-30-12-8-5-9-13-30/h4-21,25,32H,22-24H2,1-3H3,(H,36,40)/t32-/m1/s1. The molecule has 1 atom stereocenters. The molecule has 0 aliphatic carbocycles. The minimum absolute atomic E-state index is 0.108. The Labute approximate surface area is 267 Å². The average molecular weight is 679 g/mol. The molecule has 0 saturated carbocycles. The number of amides is 2. The summed E-state index contributed by atoms with van der Waals surface area (Å²) >= 11 is 3.44. The van der Waals surface area contributed by atoms with Gasteiger partial charge >= 0.3 is 0 Å². The van der Waals surface area contributed by atoms with Crippen LogP contribution in [0.5, 0.6) is 11.5 Å². The third-order valence-electron chi connectivity index (χ3n) is 6.75. The number of rotatable bonds is 13. The molecule has 0 aliphatic rings. The normalized spacial score (nSPS) is 11.9. The summed E-state index contributed by atoms with van der Waals surface area (Å²) in [5.74, 6) is 0.332. The van der Waals surface area contributed by atoms with E-state index in [1.54, 1.807) is 24.3 Å². The van der Waals surface area contributed by atoms with Crippen molar-refractivity contribution < 1.29 is 22.7 Å². The predicted octanol–water partition coefficient (Wildman–Crippen LogP) is 6.17. The van der Waals surface area contributed by atoms with Gasteiger partial charge in [0.1, 0.15) is 24.1 Å². The van der Waals surface area contributed by atoms with E-state index in [1.165, 1.54) is 4.90 Å². The highest BCUT2D eigenvalue weighted by atomic mass is 79.9. The van der Waals surface area contributed by atoms with Crippen LogP contribution in [0, 0.1) is 0 Å². The van der Waals surface area contributed by atoms with E-state index in [0.29, 0.717) is 17.2 Å². The SMILES string of the molecule is CC(C)NC(=O)[C@@H](Cc1ccccc1)N(Cc1ccc(Br)cc1)C(=O)CN(c1ccc(Oc2ccccc2)cc1)S(C)(=O)=O. The van der Waals surface area contributed by atoms with E-state index in [9.17, 15) is 18.0 Å². The molecule has 0 aromatic heterocycles. The molecule has 0 unspecified atom stereocenters. The van der Waals surface area contributed by atoms with Crippen LogP contribution < -0.4 is 14.4 Å². The summed E-state index contributed by atoms with van der Waals surface area (Å²) in [6.07, 6.45) is 1.31. The third-order valence-corrected chi connectivity index (χ3v) is 8.42. The van der Waals surface area contributed by atoms with E-state index < -0.39 is 28.5 Å². The molecule has 0 fully saturated rings. The second-order valence-electron chi connectivity index (χ2n) is 10.7. The van der Waals surface area contributed by atoms with Gasteiger partial charge in [0.25, 0.3) is 0 Å². The van der Waals surface area contributed by atoms with Gasteiger partial charge in [0, 0.05) is 23.5 Å². The first kappa shape index (κ1) is 32.8. The number of nitrogens with zero attached hydrogens (tertiary/aromatic N) is 2. The molecule has 0 aliphatic heterocycles. The quantitative estimate of drug-likeness (QED) is 0.183. The van der Waals surface area contributed by atoms with Gasteiger partial charge in [0.2, 0.25) is 21.8 Å². The number of hydrogen-bond acceptors (Lipinski definition) is 5. The maximum atomic E-state index is 14.2. The number of sulfonamides is 1. The maximum absolute atomic E-state index is 14.2. The van der Waals surface area contributed by atoms with Crippen molar-refractivity contribution in [3.8, 4) is 11.5 Å². The van der Waals surface area contributed by atoms with Gasteiger partial charge in [0.05, 0.1) is 11.9 Å². The second-order valence-corrected chi connectivity index (χ2v) is 13.5. The van der Waals surface area contributed by atoms with E-state index in [2.05, 4.69) is 21.2 Å². The van der Waals surface area contributed by atoms with Crippen LogP contribution in [0.3, 0.4) is 0 Å². The van der Waals surface area contributed by atoms with E-state index in [0.717, 1.165) is 26.2 Å². The number of benzene rings is 4. The summed E-state index contributed by atoms with van der Waals surface area (Å²) in [6.45, 7) is 3.33. The van der Waals surface area contributed by atoms with Crippen molar-refractivity contribution in [3.63, 3.8) is 0 Å². The minimum atomic E-state index is -3.88. The molecule has 4 rings (SSSR count). The van der Waals surface area contributed by atoms with Crippen molar-refractivity contribution in [1.29, 1.82) is 0 Å². The number of ether oxygens (including phenoxy) is 1. The fraction of sp³-hybridized carbons (Fsp3) is 0.235. The first-order valence-corrected chi connectivity index (χ1v) is 16.8. The zero-order valence-electron chi connectivity index (χ0n) is 24.9. The molecule has 10 heteroatoms. The number of halogens is 1. The molecule has 4 aromatic carbocycles. The molecular formula is C34H36BrN3O5S. The van der Waals surface area contributed by atoms with E-state index in [1.807, 2.05) is 98.8 Å². The number of anilines is 1. The largest absolute Gasteiger partial charge is 0.457 e. The van der Waals surface area contributed by atoms with Gasteiger partial charge in [-0.1, -0.05) is 76.6 Å².